The van der Waals surface area contributed by atoms with Gasteiger partial charge in [-0.1, -0.05) is 12.1 Å². The van der Waals surface area contributed by atoms with E-state index in [0.29, 0.717) is 18.0 Å². The third-order valence-electron chi connectivity index (χ3n) is 2.95. The van der Waals surface area contributed by atoms with E-state index in [0.717, 1.165) is 15.3 Å². The van der Waals surface area contributed by atoms with Crippen molar-refractivity contribution in [3.63, 3.8) is 0 Å². The molecular weight excluding hydrogens is 324 g/mol. The number of para-hydroxylation sites is 1. The van der Waals surface area contributed by atoms with Crippen molar-refractivity contribution in [2.45, 2.75) is 18.4 Å². The van der Waals surface area contributed by atoms with Crippen molar-refractivity contribution >= 4 is 38.8 Å². The summed E-state index contributed by atoms with van der Waals surface area (Å²) in [6.07, 6.45) is 0. The van der Waals surface area contributed by atoms with Crippen LogP contribution in [0.15, 0.2) is 40.6 Å². The van der Waals surface area contributed by atoms with Gasteiger partial charge in [-0.2, -0.15) is 0 Å². The van der Waals surface area contributed by atoms with Gasteiger partial charge in [0, 0.05) is 27.8 Å². The number of rotatable bonds is 7. The minimum Gasteiger partial charge on any atom is -0.398 e. The Hall–Kier alpha value is -1.02. The second kappa shape index (κ2) is 7.31. The Bertz CT molecular complexity index is 696. The maximum atomic E-state index is 12.0. The Morgan fingerprint density at radius 1 is 1.29 bits per heavy atom. The Kier molecular flexibility index (Phi) is 5.69. The molecule has 2 rings (SSSR count). The number of thiophene rings is 1. The second-order valence-corrected chi connectivity index (χ2v) is 8.62. The standard InChI is InChI=1S/C14H18N2O2S3/c1-11-6-7-19-14(11)10-16-21(17,18)9-8-20-13-5-3-2-4-12(13)15/h2-7,16H,8-10,15H2,1H3. The lowest BCUT2D eigenvalue weighted by molar-refractivity contribution is 0.583. The van der Waals surface area contributed by atoms with Crippen LogP contribution in [0, 0.1) is 6.92 Å². The second-order valence-electron chi connectivity index (χ2n) is 4.55. The van der Waals surface area contributed by atoms with E-state index in [1.54, 1.807) is 11.3 Å². The summed E-state index contributed by atoms with van der Waals surface area (Å²) in [5.41, 5.74) is 7.63. The molecule has 1 aromatic carbocycles. The van der Waals surface area contributed by atoms with E-state index in [1.165, 1.54) is 11.8 Å². The number of benzene rings is 1. The van der Waals surface area contributed by atoms with Crippen molar-refractivity contribution in [3.8, 4) is 0 Å². The first-order valence-electron chi connectivity index (χ1n) is 6.45. The van der Waals surface area contributed by atoms with E-state index >= 15 is 0 Å². The maximum Gasteiger partial charge on any atom is 0.212 e. The van der Waals surface area contributed by atoms with Crippen LogP contribution in [0.5, 0.6) is 0 Å². The molecular formula is C14H18N2O2S3. The Morgan fingerprint density at radius 3 is 2.71 bits per heavy atom. The predicted octanol–water partition coefficient (Wildman–Crippen LogP) is 2.85. The van der Waals surface area contributed by atoms with Crippen molar-refractivity contribution in [3.05, 3.63) is 46.2 Å². The van der Waals surface area contributed by atoms with Crippen molar-refractivity contribution in [1.29, 1.82) is 0 Å². The highest BCUT2D eigenvalue weighted by Gasteiger charge is 2.11. The summed E-state index contributed by atoms with van der Waals surface area (Å²) < 4.78 is 26.6. The fraction of sp³-hybridized carbons (Fsp3) is 0.286. The molecule has 2 aromatic rings. The van der Waals surface area contributed by atoms with Gasteiger partial charge in [0.1, 0.15) is 0 Å². The van der Waals surface area contributed by atoms with E-state index in [9.17, 15) is 8.42 Å². The maximum absolute atomic E-state index is 12.0. The highest BCUT2D eigenvalue weighted by molar-refractivity contribution is 8.00. The van der Waals surface area contributed by atoms with Gasteiger partial charge in [0.25, 0.3) is 0 Å². The van der Waals surface area contributed by atoms with E-state index in [4.69, 9.17) is 5.73 Å². The smallest absolute Gasteiger partial charge is 0.212 e. The number of anilines is 1. The summed E-state index contributed by atoms with van der Waals surface area (Å²) in [6.45, 7) is 2.35. The Balaban J connectivity index is 1.82. The molecule has 0 unspecified atom stereocenters. The lowest BCUT2D eigenvalue weighted by Crippen LogP contribution is -2.26. The molecule has 0 saturated heterocycles. The number of thioether (sulfide) groups is 1. The Labute approximate surface area is 133 Å². The molecule has 0 spiro atoms. The van der Waals surface area contributed by atoms with Crippen molar-refractivity contribution in [2.24, 2.45) is 0 Å². The summed E-state index contributed by atoms with van der Waals surface area (Å²) in [4.78, 5) is 1.97. The number of hydrogen-bond acceptors (Lipinski definition) is 5. The van der Waals surface area contributed by atoms with E-state index < -0.39 is 10.0 Å². The van der Waals surface area contributed by atoms with Gasteiger partial charge in [-0.3, -0.25) is 0 Å². The number of nitrogen functional groups attached to an aromatic ring is 1. The van der Waals surface area contributed by atoms with E-state index in [1.807, 2.05) is 42.6 Å². The van der Waals surface area contributed by atoms with Crippen molar-refractivity contribution < 1.29 is 8.42 Å². The van der Waals surface area contributed by atoms with Crippen LogP contribution in [-0.2, 0) is 16.6 Å². The molecule has 0 fully saturated rings. The van der Waals surface area contributed by atoms with Gasteiger partial charge in [0.05, 0.1) is 5.75 Å². The van der Waals surface area contributed by atoms with Gasteiger partial charge in [0.15, 0.2) is 0 Å². The Morgan fingerprint density at radius 2 is 2.05 bits per heavy atom. The van der Waals surface area contributed by atoms with Crippen LogP contribution >= 0.6 is 23.1 Å². The fourth-order valence-electron chi connectivity index (χ4n) is 1.71. The zero-order chi connectivity index (χ0) is 15.3. The molecule has 1 heterocycles. The van der Waals surface area contributed by atoms with Crippen LogP contribution in [0.2, 0.25) is 0 Å². The quantitative estimate of drug-likeness (QED) is 0.599. The van der Waals surface area contributed by atoms with E-state index in [-0.39, 0.29) is 5.75 Å². The molecule has 0 atom stereocenters. The minimum atomic E-state index is -3.26. The normalized spacial score (nSPS) is 11.7. The van der Waals surface area contributed by atoms with Gasteiger partial charge >= 0.3 is 0 Å². The molecule has 0 aliphatic heterocycles. The monoisotopic (exact) mass is 342 g/mol. The number of sulfonamides is 1. The molecule has 0 aliphatic carbocycles. The third-order valence-corrected chi connectivity index (χ3v) is 6.65. The molecule has 114 valence electrons. The lowest BCUT2D eigenvalue weighted by Gasteiger charge is -2.07. The topological polar surface area (TPSA) is 72.2 Å². The van der Waals surface area contributed by atoms with Gasteiger partial charge in [0.2, 0.25) is 10.0 Å². The first kappa shape index (κ1) is 16.4. The third kappa shape index (κ3) is 5.03. The average Bonchev–Trinajstić information content (AvgIpc) is 2.84. The van der Waals surface area contributed by atoms with Crippen LogP contribution in [0.25, 0.3) is 0 Å². The molecule has 0 bridgehead atoms. The molecule has 0 radical (unpaired) electrons. The van der Waals surface area contributed by atoms with Gasteiger partial charge < -0.3 is 5.73 Å². The van der Waals surface area contributed by atoms with Gasteiger partial charge in [-0.15, -0.1) is 23.1 Å². The summed E-state index contributed by atoms with van der Waals surface area (Å²) in [6, 6.07) is 9.46. The van der Waals surface area contributed by atoms with Crippen molar-refractivity contribution in [2.75, 3.05) is 17.2 Å². The number of aryl methyl sites for hydroxylation is 1. The SMILES string of the molecule is Cc1ccsc1CNS(=O)(=O)CCSc1ccccc1N. The van der Waals surface area contributed by atoms with Crippen LogP contribution in [0.3, 0.4) is 0 Å². The average molecular weight is 343 g/mol. The molecule has 21 heavy (non-hydrogen) atoms. The summed E-state index contributed by atoms with van der Waals surface area (Å²) in [7, 11) is -3.26. The van der Waals surface area contributed by atoms with Crippen LogP contribution in [0.1, 0.15) is 10.4 Å². The largest absolute Gasteiger partial charge is 0.398 e. The minimum absolute atomic E-state index is 0.0798. The number of hydrogen-bond donors (Lipinski definition) is 2. The van der Waals surface area contributed by atoms with Gasteiger partial charge in [-0.05, 0) is 36.1 Å². The summed E-state index contributed by atoms with van der Waals surface area (Å²) in [5, 5.41) is 1.97. The molecule has 0 aliphatic rings. The molecule has 4 nitrogen and oxygen atoms in total. The van der Waals surface area contributed by atoms with Crippen molar-refractivity contribution in [1.82, 2.24) is 4.72 Å². The van der Waals surface area contributed by atoms with Crippen LogP contribution < -0.4 is 10.5 Å². The summed E-state index contributed by atoms with van der Waals surface area (Å²) in [5.74, 6) is 0.559. The predicted molar refractivity (Wildman–Crippen MR) is 91.3 cm³/mol. The van der Waals surface area contributed by atoms with Gasteiger partial charge in [-0.25, -0.2) is 13.1 Å². The fourth-order valence-corrected chi connectivity index (χ4v) is 4.99. The highest BCUT2D eigenvalue weighted by Crippen LogP contribution is 2.24. The zero-order valence-electron chi connectivity index (χ0n) is 11.7. The van der Waals surface area contributed by atoms with Crippen LogP contribution in [0.4, 0.5) is 5.69 Å². The first-order valence-corrected chi connectivity index (χ1v) is 9.97. The molecule has 0 saturated carbocycles. The highest BCUT2D eigenvalue weighted by atomic mass is 32.2. The number of nitrogens with two attached hydrogens (primary N) is 1. The molecule has 3 N–H and O–H groups in total. The molecule has 1 aromatic heterocycles. The number of nitrogens with one attached hydrogen (secondary N) is 1. The molecule has 7 heteroatoms. The first-order chi connectivity index (χ1) is 9.98. The zero-order valence-corrected chi connectivity index (χ0v) is 14.2. The van der Waals surface area contributed by atoms with Crippen LogP contribution in [-0.4, -0.2) is 19.9 Å². The van der Waals surface area contributed by atoms with E-state index in [2.05, 4.69) is 4.72 Å². The molecule has 0 amide bonds. The lowest BCUT2D eigenvalue weighted by atomic mass is 10.3. The summed E-state index contributed by atoms with van der Waals surface area (Å²) >= 11 is 3.02.